The number of carboxylic acid groups (broad SMARTS) is 1. The third-order valence-corrected chi connectivity index (χ3v) is 5.15. The lowest BCUT2D eigenvalue weighted by Crippen LogP contribution is -2.42. The maximum atomic E-state index is 13.1. The Morgan fingerprint density at radius 2 is 2.27 bits per heavy atom. The maximum Gasteiger partial charge on any atom is 0.321 e. The molecule has 9 heteroatoms. The van der Waals surface area contributed by atoms with Gasteiger partial charge in [0.15, 0.2) is 0 Å². The number of ether oxygens (including phenoxy) is 1. The van der Waals surface area contributed by atoms with Gasteiger partial charge in [-0.3, -0.25) is 4.79 Å². The SMILES string of the molecule is O=C(O)C(CC1CCOC1)NS(=O)(=O)c1ccc(F)c(Cl)c1. The van der Waals surface area contributed by atoms with Crippen LogP contribution < -0.4 is 4.72 Å². The smallest absolute Gasteiger partial charge is 0.321 e. The highest BCUT2D eigenvalue weighted by Gasteiger charge is 2.30. The van der Waals surface area contributed by atoms with Gasteiger partial charge in [-0.15, -0.1) is 0 Å². The Kier molecular flexibility index (Phi) is 5.38. The van der Waals surface area contributed by atoms with Gasteiger partial charge in [0.2, 0.25) is 10.0 Å². The first kappa shape index (κ1) is 17.1. The number of carboxylic acids is 1. The van der Waals surface area contributed by atoms with E-state index in [0.717, 1.165) is 18.2 Å². The molecule has 1 aromatic rings. The predicted molar refractivity (Wildman–Crippen MR) is 76.7 cm³/mol. The Bertz CT molecular complexity index is 660. The van der Waals surface area contributed by atoms with E-state index in [4.69, 9.17) is 16.3 Å². The molecule has 0 bridgehead atoms. The van der Waals surface area contributed by atoms with Crippen LogP contribution in [0.5, 0.6) is 0 Å². The summed E-state index contributed by atoms with van der Waals surface area (Å²) in [7, 11) is -4.11. The number of hydrogen-bond donors (Lipinski definition) is 2. The van der Waals surface area contributed by atoms with E-state index in [0.29, 0.717) is 19.6 Å². The molecule has 122 valence electrons. The standard InChI is InChI=1S/C13H15ClFNO5S/c14-10-6-9(1-2-11(10)15)22(19,20)16-12(13(17)18)5-8-3-4-21-7-8/h1-2,6,8,12,16H,3-5,7H2,(H,17,18). The zero-order valence-corrected chi connectivity index (χ0v) is 13.0. The molecule has 1 aromatic carbocycles. The summed E-state index contributed by atoms with van der Waals surface area (Å²) in [5.74, 6) is -2.04. The van der Waals surface area contributed by atoms with Gasteiger partial charge in [-0.1, -0.05) is 11.6 Å². The number of rotatable bonds is 6. The third-order valence-electron chi connectivity index (χ3n) is 3.39. The second kappa shape index (κ2) is 6.91. The molecule has 1 aliphatic heterocycles. The van der Waals surface area contributed by atoms with Crippen LogP contribution in [0.15, 0.2) is 23.1 Å². The molecule has 0 spiro atoms. The van der Waals surface area contributed by atoms with Crippen molar-refractivity contribution in [1.29, 1.82) is 0 Å². The zero-order valence-electron chi connectivity index (χ0n) is 11.5. The molecule has 0 saturated carbocycles. The van der Waals surface area contributed by atoms with Crippen LogP contribution in [0.2, 0.25) is 5.02 Å². The van der Waals surface area contributed by atoms with E-state index < -0.39 is 27.9 Å². The molecule has 2 atom stereocenters. The first-order valence-electron chi connectivity index (χ1n) is 6.57. The van der Waals surface area contributed by atoms with Crippen LogP contribution in [0.4, 0.5) is 4.39 Å². The number of carbonyl (C=O) groups is 1. The molecule has 1 saturated heterocycles. The summed E-state index contributed by atoms with van der Waals surface area (Å²) in [6.07, 6.45) is 0.817. The van der Waals surface area contributed by atoms with Crippen molar-refractivity contribution in [3.63, 3.8) is 0 Å². The highest BCUT2D eigenvalue weighted by atomic mass is 35.5. The lowest BCUT2D eigenvalue weighted by molar-refractivity contribution is -0.139. The Morgan fingerprint density at radius 3 is 2.82 bits per heavy atom. The summed E-state index contributed by atoms with van der Waals surface area (Å²) in [4.78, 5) is 11.0. The molecule has 0 amide bonds. The summed E-state index contributed by atoms with van der Waals surface area (Å²) < 4.78 is 44.8. The van der Waals surface area contributed by atoms with E-state index >= 15 is 0 Å². The van der Waals surface area contributed by atoms with Gasteiger partial charge in [0.1, 0.15) is 11.9 Å². The van der Waals surface area contributed by atoms with Gasteiger partial charge in [0, 0.05) is 13.2 Å². The summed E-state index contributed by atoms with van der Waals surface area (Å²) in [5.41, 5.74) is 0. The monoisotopic (exact) mass is 351 g/mol. The van der Waals surface area contributed by atoms with Gasteiger partial charge in [-0.05, 0) is 37.0 Å². The lowest BCUT2D eigenvalue weighted by Gasteiger charge is -2.17. The van der Waals surface area contributed by atoms with Gasteiger partial charge < -0.3 is 9.84 Å². The van der Waals surface area contributed by atoms with Gasteiger partial charge in [-0.25, -0.2) is 12.8 Å². The summed E-state index contributed by atoms with van der Waals surface area (Å²) in [6.45, 7) is 0.950. The fourth-order valence-corrected chi connectivity index (χ4v) is 3.67. The molecule has 6 nitrogen and oxygen atoms in total. The van der Waals surface area contributed by atoms with E-state index in [1.54, 1.807) is 0 Å². The molecule has 2 unspecified atom stereocenters. The third kappa shape index (κ3) is 4.16. The van der Waals surface area contributed by atoms with Crippen LogP contribution in [0.3, 0.4) is 0 Å². The second-order valence-corrected chi connectivity index (χ2v) is 7.17. The lowest BCUT2D eigenvalue weighted by atomic mass is 10.00. The van der Waals surface area contributed by atoms with Crippen LogP contribution in [0.1, 0.15) is 12.8 Å². The average molecular weight is 352 g/mol. The van der Waals surface area contributed by atoms with Crippen molar-refractivity contribution in [2.45, 2.75) is 23.8 Å². The summed E-state index contributed by atoms with van der Waals surface area (Å²) in [5, 5.41) is 8.84. The Balaban J connectivity index is 2.16. The molecule has 2 rings (SSSR count). The average Bonchev–Trinajstić information content (AvgIpc) is 2.93. The Labute approximate surface area is 132 Å². The summed E-state index contributed by atoms with van der Waals surface area (Å²) >= 11 is 5.56. The molecular formula is C13H15ClFNO5S. The first-order valence-corrected chi connectivity index (χ1v) is 8.43. The first-order chi connectivity index (χ1) is 10.3. The van der Waals surface area contributed by atoms with E-state index in [1.165, 1.54) is 0 Å². The largest absolute Gasteiger partial charge is 0.480 e. The van der Waals surface area contributed by atoms with Gasteiger partial charge in [-0.2, -0.15) is 4.72 Å². The fourth-order valence-electron chi connectivity index (χ4n) is 2.20. The van der Waals surface area contributed by atoms with Crippen molar-refractivity contribution in [2.24, 2.45) is 5.92 Å². The number of hydrogen-bond acceptors (Lipinski definition) is 4. The minimum atomic E-state index is -4.11. The topological polar surface area (TPSA) is 92.7 Å². The minimum Gasteiger partial charge on any atom is -0.480 e. The van der Waals surface area contributed by atoms with Gasteiger partial charge in [0.05, 0.1) is 9.92 Å². The van der Waals surface area contributed by atoms with Crippen molar-refractivity contribution < 1.29 is 27.4 Å². The molecule has 1 heterocycles. The Hall–Kier alpha value is -1.22. The number of sulfonamides is 1. The molecule has 0 aromatic heterocycles. The van der Waals surface area contributed by atoms with E-state index in [2.05, 4.69) is 4.72 Å². The molecule has 0 aliphatic carbocycles. The molecule has 1 fully saturated rings. The van der Waals surface area contributed by atoms with Gasteiger partial charge >= 0.3 is 5.97 Å². The zero-order chi connectivity index (χ0) is 16.3. The normalized spacial score (nSPS) is 20.0. The number of benzene rings is 1. The van der Waals surface area contributed by atoms with E-state index in [1.807, 2.05) is 0 Å². The molecular weight excluding hydrogens is 337 g/mol. The highest BCUT2D eigenvalue weighted by Crippen LogP contribution is 2.22. The molecule has 22 heavy (non-hydrogen) atoms. The molecule has 1 aliphatic rings. The van der Waals surface area contributed by atoms with Crippen LogP contribution in [-0.2, 0) is 19.6 Å². The van der Waals surface area contributed by atoms with Crippen molar-refractivity contribution in [1.82, 2.24) is 4.72 Å². The molecule has 0 radical (unpaired) electrons. The summed E-state index contributed by atoms with van der Waals surface area (Å²) in [6, 6.07) is 1.61. The van der Waals surface area contributed by atoms with Crippen molar-refractivity contribution >= 4 is 27.6 Å². The molecule has 2 N–H and O–H groups in total. The van der Waals surface area contributed by atoms with Crippen LogP contribution in [-0.4, -0.2) is 38.7 Å². The Morgan fingerprint density at radius 1 is 1.55 bits per heavy atom. The van der Waals surface area contributed by atoms with Crippen LogP contribution in [0, 0.1) is 11.7 Å². The van der Waals surface area contributed by atoms with Crippen molar-refractivity contribution in [3.8, 4) is 0 Å². The minimum absolute atomic E-state index is 0.0133. The van der Waals surface area contributed by atoms with Gasteiger partial charge in [0.25, 0.3) is 0 Å². The fraction of sp³-hybridized carbons (Fsp3) is 0.462. The van der Waals surface area contributed by atoms with E-state index in [9.17, 15) is 22.7 Å². The van der Waals surface area contributed by atoms with Crippen molar-refractivity contribution in [2.75, 3.05) is 13.2 Å². The van der Waals surface area contributed by atoms with Crippen LogP contribution >= 0.6 is 11.6 Å². The van der Waals surface area contributed by atoms with Crippen molar-refractivity contribution in [3.05, 3.63) is 29.0 Å². The van der Waals surface area contributed by atoms with Crippen LogP contribution in [0.25, 0.3) is 0 Å². The number of nitrogens with one attached hydrogen (secondary N) is 1. The highest BCUT2D eigenvalue weighted by molar-refractivity contribution is 7.89. The second-order valence-electron chi connectivity index (χ2n) is 5.05. The quantitative estimate of drug-likeness (QED) is 0.812. The predicted octanol–water partition coefficient (Wildman–Crippen LogP) is 1.64. The van der Waals surface area contributed by atoms with E-state index in [-0.39, 0.29) is 22.3 Å². The number of halogens is 2. The maximum absolute atomic E-state index is 13.1. The number of aliphatic carboxylic acids is 1.